The Morgan fingerprint density at radius 3 is 2.57 bits per heavy atom. The van der Waals surface area contributed by atoms with Gasteiger partial charge >= 0.3 is 0 Å². The van der Waals surface area contributed by atoms with Crippen molar-refractivity contribution >= 4 is 0 Å². The molecule has 1 saturated heterocycles. The highest BCUT2D eigenvalue weighted by Gasteiger charge is 2.32. The molecular formula is C18H29NO2. The molecule has 0 saturated carbocycles. The monoisotopic (exact) mass is 291 g/mol. The largest absolute Gasteiger partial charge is 0.396 e. The molecule has 0 aliphatic carbocycles. The maximum atomic E-state index is 9.78. The molecule has 0 amide bonds. The third-order valence-corrected chi connectivity index (χ3v) is 4.62. The van der Waals surface area contributed by atoms with E-state index in [1.807, 2.05) is 0 Å². The van der Waals surface area contributed by atoms with Crippen molar-refractivity contribution in [2.24, 2.45) is 5.41 Å². The summed E-state index contributed by atoms with van der Waals surface area (Å²) in [7, 11) is 0. The topological polar surface area (TPSA) is 41.5 Å². The zero-order valence-corrected chi connectivity index (χ0v) is 13.2. The average molecular weight is 291 g/mol. The number of hydrogen-bond donors (Lipinski definition) is 2. The van der Waals surface area contributed by atoms with Gasteiger partial charge in [0.2, 0.25) is 0 Å². The lowest BCUT2D eigenvalue weighted by Gasteiger charge is -2.37. The summed E-state index contributed by atoms with van der Waals surface area (Å²) in [5.41, 5.74) is 1.40. The van der Waals surface area contributed by atoms with Gasteiger partial charge in [-0.3, -0.25) is 0 Å². The Morgan fingerprint density at radius 2 is 1.95 bits per heavy atom. The SMILES string of the molecule is CCCC(Cc1ccccc1)NCC1(CO)CCOCC1. The lowest BCUT2D eigenvalue weighted by atomic mass is 9.80. The van der Waals surface area contributed by atoms with Gasteiger partial charge in [0.1, 0.15) is 0 Å². The number of aliphatic hydroxyl groups excluding tert-OH is 1. The van der Waals surface area contributed by atoms with Crippen LogP contribution in [0.2, 0.25) is 0 Å². The van der Waals surface area contributed by atoms with Crippen molar-refractivity contribution < 1.29 is 9.84 Å². The average Bonchev–Trinajstić information content (AvgIpc) is 2.55. The summed E-state index contributed by atoms with van der Waals surface area (Å²) in [5, 5.41) is 13.5. The molecule has 0 radical (unpaired) electrons. The maximum absolute atomic E-state index is 9.78. The molecule has 21 heavy (non-hydrogen) atoms. The van der Waals surface area contributed by atoms with E-state index in [1.54, 1.807) is 0 Å². The van der Waals surface area contributed by atoms with Gasteiger partial charge in [-0.2, -0.15) is 0 Å². The van der Waals surface area contributed by atoms with Crippen molar-refractivity contribution in [2.45, 2.75) is 45.1 Å². The van der Waals surface area contributed by atoms with E-state index in [2.05, 4.69) is 42.6 Å². The van der Waals surface area contributed by atoms with E-state index in [-0.39, 0.29) is 12.0 Å². The van der Waals surface area contributed by atoms with Gasteiger partial charge in [0.25, 0.3) is 0 Å². The van der Waals surface area contributed by atoms with Gasteiger partial charge in [0.05, 0.1) is 6.61 Å². The molecule has 1 fully saturated rings. The molecule has 1 aliphatic rings. The van der Waals surface area contributed by atoms with Crippen LogP contribution in [0.3, 0.4) is 0 Å². The Morgan fingerprint density at radius 1 is 1.24 bits per heavy atom. The van der Waals surface area contributed by atoms with Crippen molar-refractivity contribution in [1.82, 2.24) is 5.32 Å². The summed E-state index contributed by atoms with van der Waals surface area (Å²) in [6.45, 7) is 4.94. The molecule has 0 spiro atoms. The quantitative estimate of drug-likeness (QED) is 0.774. The zero-order valence-electron chi connectivity index (χ0n) is 13.2. The van der Waals surface area contributed by atoms with Gasteiger partial charge in [-0.05, 0) is 31.2 Å². The van der Waals surface area contributed by atoms with Gasteiger partial charge < -0.3 is 15.2 Å². The summed E-state index contributed by atoms with van der Waals surface area (Å²) >= 11 is 0. The summed E-state index contributed by atoms with van der Waals surface area (Å²) in [5.74, 6) is 0. The Bertz CT molecular complexity index is 387. The Hall–Kier alpha value is -0.900. The maximum Gasteiger partial charge on any atom is 0.0501 e. The van der Waals surface area contributed by atoms with E-state index >= 15 is 0 Å². The van der Waals surface area contributed by atoms with Crippen LogP contribution >= 0.6 is 0 Å². The molecule has 3 nitrogen and oxygen atoms in total. The van der Waals surface area contributed by atoms with Crippen LogP contribution in [0.4, 0.5) is 0 Å². The lowest BCUT2D eigenvalue weighted by molar-refractivity contribution is -0.0166. The first-order valence-corrected chi connectivity index (χ1v) is 8.24. The highest BCUT2D eigenvalue weighted by atomic mass is 16.5. The van der Waals surface area contributed by atoms with Crippen molar-refractivity contribution in [2.75, 3.05) is 26.4 Å². The summed E-state index contributed by atoms with van der Waals surface area (Å²) in [6, 6.07) is 11.2. The molecule has 2 rings (SSSR count). The van der Waals surface area contributed by atoms with Crippen LogP contribution in [-0.4, -0.2) is 37.5 Å². The molecule has 0 aromatic heterocycles. The van der Waals surface area contributed by atoms with E-state index < -0.39 is 0 Å². The van der Waals surface area contributed by atoms with Gasteiger partial charge in [-0.15, -0.1) is 0 Å². The highest BCUT2D eigenvalue weighted by Crippen LogP contribution is 2.29. The third-order valence-electron chi connectivity index (χ3n) is 4.62. The number of aliphatic hydroxyl groups is 1. The van der Waals surface area contributed by atoms with Crippen LogP contribution in [0, 0.1) is 5.41 Å². The first-order chi connectivity index (χ1) is 10.3. The minimum Gasteiger partial charge on any atom is -0.396 e. The molecule has 1 aliphatic heterocycles. The molecule has 1 aromatic rings. The minimum absolute atomic E-state index is 0.0148. The van der Waals surface area contributed by atoms with E-state index in [9.17, 15) is 5.11 Å². The highest BCUT2D eigenvalue weighted by molar-refractivity contribution is 5.15. The zero-order chi connectivity index (χ0) is 15.0. The van der Waals surface area contributed by atoms with E-state index in [0.29, 0.717) is 6.04 Å². The normalized spacial score (nSPS) is 19.3. The molecule has 118 valence electrons. The molecule has 3 heteroatoms. The van der Waals surface area contributed by atoms with E-state index in [1.165, 1.54) is 18.4 Å². The second-order valence-electron chi connectivity index (χ2n) is 6.33. The fraction of sp³-hybridized carbons (Fsp3) is 0.667. The summed E-state index contributed by atoms with van der Waals surface area (Å²) < 4.78 is 5.44. The van der Waals surface area contributed by atoms with Crippen LogP contribution in [0.5, 0.6) is 0 Å². The molecule has 1 aromatic carbocycles. The minimum atomic E-state index is 0.0148. The number of rotatable bonds is 8. The third kappa shape index (κ3) is 5.10. The van der Waals surface area contributed by atoms with E-state index in [4.69, 9.17) is 4.74 Å². The Kier molecular flexibility index (Phi) is 6.68. The fourth-order valence-corrected chi connectivity index (χ4v) is 3.08. The number of ether oxygens (including phenoxy) is 1. The smallest absolute Gasteiger partial charge is 0.0501 e. The first-order valence-electron chi connectivity index (χ1n) is 8.24. The van der Waals surface area contributed by atoms with Crippen LogP contribution in [0.25, 0.3) is 0 Å². The van der Waals surface area contributed by atoms with Crippen molar-refractivity contribution in [1.29, 1.82) is 0 Å². The van der Waals surface area contributed by atoms with Crippen molar-refractivity contribution in [3.8, 4) is 0 Å². The molecular weight excluding hydrogens is 262 g/mol. The van der Waals surface area contributed by atoms with Crippen LogP contribution in [-0.2, 0) is 11.2 Å². The Balaban J connectivity index is 1.89. The standard InChI is InChI=1S/C18H29NO2/c1-2-6-17(13-16-7-4-3-5-8-16)19-14-18(15-20)9-11-21-12-10-18/h3-5,7-8,17,19-20H,2,6,9-15H2,1H3. The van der Waals surface area contributed by atoms with Gasteiger partial charge in [-0.1, -0.05) is 43.7 Å². The van der Waals surface area contributed by atoms with Gasteiger partial charge in [-0.25, -0.2) is 0 Å². The van der Waals surface area contributed by atoms with Crippen LogP contribution in [0.1, 0.15) is 38.2 Å². The van der Waals surface area contributed by atoms with Gasteiger partial charge in [0, 0.05) is 31.2 Å². The second kappa shape index (κ2) is 8.52. The second-order valence-corrected chi connectivity index (χ2v) is 6.33. The Labute approximate surface area is 128 Å². The number of hydrogen-bond acceptors (Lipinski definition) is 3. The molecule has 1 atom stereocenters. The van der Waals surface area contributed by atoms with Crippen molar-refractivity contribution in [3.63, 3.8) is 0 Å². The van der Waals surface area contributed by atoms with Crippen LogP contribution < -0.4 is 5.32 Å². The lowest BCUT2D eigenvalue weighted by Crippen LogP contribution is -2.45. The van der Waals surface area contributed by atoms with Crippen LogP contribution in [0.15, 0.2) is 30.3 Å². The predicted molar refractivity (Wildman–Crippen MR) is 86.4 cm³/mol. The number of benzene rings is 1. The number of nitrogens with one attached hydrogen (secondary N) is 1. The van der Waals surface area contributed by atoms with Gasteiger partial charge in [0.15, 0.2) is 0 Å². The first kappa shape index (κ1) is 16.5. The molecule has 1 heterocycles. The predicted octanol–water partition coefficient (Wildman–Crippen LogP) is 2.78. The summed E-state index contributed by atoms with van der Waals surface area (Å²) in [4.78, 5) is 0. The van der Waals surface area contributed by atoms with E-state index in [0.717, 1.165) is 39.0 Å². The fourth-order valence-electron chi connectivity index (χ4n) is 3.08. The summed E-state index contributed by atoms with van der Waals surface area (Å²) in [6.07, 6.45) is 5.33. The molecule has 0 bridgehead atoms. The van der Waals surface area contributed by atoms with Crippen molar-refractivity contribution in [3.05, 3.63) is 35.9 Å². The molecule has 1 unspecified atom stereocenters. The molecule has 2 N–H and O–H groups in total.